The Hall–Kier alpha value is -1.91. The number of rotatable bonds is 3. The van der Waals surface area contributed by atoms with Crippen molar-refractivity contribution in [1.82, 2.24) is 0 Å². The molecule has 0 aliphatic rings. The highest BCUT2D eigenvalue weighted by atomic mass is 17.1. The zero-order valence-electron chi connectivity index (χ0n) is 10.2. The van der Waals surface area contributed by atoms with Gasteiger partial charge >= 0.3 is 5.97 Å². The topological polar surface area (TPSA) is 66.8 Å². The summed E-state index contributed by atoms with van der Waals surface area (Å²) in [4.78, 5) is 15.3. The van der Waals surface area contributed by atoms with E-state index in [2.05, 4.69) is 4.89 Å². The van der Waals surface area contributed by atoms with E-state index in [0.717, 1.165) is 16.3 Å². The zero-order chi connectivity index (χ0) is 13.3. The van der Waals surface area contributed by atoms with E-state index in [4.69, 9.17) is 10.4 Å². The predicted molar refractivity (Wildman–Crippen MR) is 67.6 cm³/mol. The van der Waals surface area contributed by atoms with Gasteiger partial charge in [0.1, 0.15) is 5.60 Å². The van der Waals surface area contributed by atoms with Gasteiger partial charge in [-0.3, -0.25) is 5.26 Å². The van der Waals surface area contributed by atoms with Crippen molar-refractivity contribution in [2.75, 3.05) is 0 Å². The largest absolute Gasteiger partial charge is 0.478 e. The molecular weight excluding hydrogens is 232 g/mol. The first-order valence-corrected chi connectivity index (χ1v) is 5.54. The van der Waals surface area contributed by atoms with Gasteiger partial charge in [0.25, 0.3) is 0 Å². The monoisotopic (exact) mass is 246 g/mol. The fourth-order valence-corrected chi connectivity index (χ4v) is 1.81. The van der Waals surface area contributed by atoms with E-state index in [1.807, 2.05) is 18.2 Å². The minimum absolute atomic E-state index is 0.257. The molecule has 94 valence electrons. The molecule has 2 N–H and O–H groups in total. The van der Waals surface area contributed by atoms with Gasteiger partial charge in [-0.1, -0.05) is 18.2 Å². The molecular formula is C14H14O4. The summed E-state index contributed by atoms with van der Waals surface area (Å²) in [7, 11) is 0. The summed E-state index contributed by atoms with van der Waals surface area (Å²) in [6.07, 6.45) is 0. The summed E-state index contributed by atoms with van der Waals surface area (Å²) in [5.74, 6) is -0.944. The highest BCUT2D eigenvalue weighted by molar-refractivity contribution is 5.94. The molecule has 0 fully saturated rings. The zero-order valence-corrected chi connectivity index (χ0v) is 10.2. The van der Waals surface area contributed by atoms with Crippen molar-refractivity contribution in [2.45, 2.75) is 19.4 Å². The molecule has 0 radical (unpaired) electrons. The lowest BCUT2D eigenvalue weighted by atomic mass is 9.95. The van der Waals surface area contributed by atoms with Crippen molar-refractivity contribution in [1.29, 1.82) is 0 Å². The number of carboxylic acids is 1. The molecule has 2 aromatic carbocycles. The quantitative estimate of drug-likeness (QED) is 0.644. The Balaban J connectivity index is 2.54. The van der Waals surface area contributed by atoms with Crippen LogP contribution in [0.5, 0.6) is 0 Å². The fourth-order valence-electron chi connectivity index (χ4n) is 1.81. The minimum atomic E-state index is -0.944. The molecule has 0 heterocycles. The van der Waals surface area contributed by atoms with Crippen molar-refractivity contribution < 1.29 is 20.0 Å². The van der Waals surface area contributed by atoms with E-state index < -0.39 is 11.6 Å². The van der Waals surface area contributed by atoms with Crippen LogP contribution in [0.15, 0.2) is 36.4 Å². The first-order valence-electron chi connectivity index (χ1n) is 5.54. The van der Waals surface area contributed by atoms with Gasteiger partial charge in [0.2, 0.25) is 0 Å². The van der Waals surface area contributed by atoms with Gasteiger partial charge in [0, 0.05) is 0 Å². The highest BCUT2D eigenvalue weighted by Crippen LogP contribution is 2.27. The summed E-state index contributed by atoms with van der Waals surface area (Å²) in [6.45, 7) is 3.50. The standard InChI is InChI=1S/C14H14O4/c1-14(2,18-17)12-6-5-9-7-11(13(15)16)4-3-10(9)8-12/h3-8,17H,1-2H3,(H,15,16). The third-order valence-electron chi connectivity index (χ3n) is 3.01. The minimum Gasteiger partial charge on any atom is -0.478 e. The predicted octanol–water partition coefficient (Wildman–Crippen LogP) is 3.26. The van der Waals surface area contributed by atoms with E-state index in [9.17, 15) is 4.79 Å². The van der Waals surface area contributed by atoms with Gasteiger partial charge in [0.15, 0.2) is 0 Å². The van der Waals surface area contributed by atoms with E-state index in [1.54, 1.807) is 32.0 Å². The van der Waals surface area contributed by atoms with Crippen LogP contribution in [-0.4, -0.2) is 16.3 Å². The summed E-state index contributed by atoms with van der Waals surface area (Å²) in [5.41, 5.74) is 0.285. The van der Waals surface area contributed by atoms with Crippen molar-refractivity contribution >= 4 is 16.7 Å². The fraction of sp³-hybridized carbons (Fsp3) is 0.214. The Kier molecular flexibility index (Phi) is 3.07. The lowest BCUT2D eigenvalue weighted by Crippen LogP contribution is -2.19. The Bertz CT molecular complexity index is 602. The summed E-state index contributed by atoms with van der Waals surface area (Å²) >= 11 is 0. The van der Waals surface area contributed by atoms with Crippen LogP contribution >= 0.6 is 0 Å². The number of carboxylic acid groups (broad SMARTS) is 1. The first kappa shape index (κ1) is 12.5. The van der Waals surface area contributed by atoms with E-state index in [-0.39, 0.29) is 5.56 Å². The number of carbonyl (C=O) groups is 1. The van der Waals surface area contributed by atoms with Crippen molar-refractivity contribution in [2.24, 2.45) is 0 Å². The second-order valence-corrected chi connectivity index (χ2v) is 4.68. The van der Waals surface area contributed by atoms with Crippen molar-refractivity contribution in [3.63, 3.8) is 0 Å². The van der Waals surface area contributed by atoms with E-state index >= 15 is 0 Å². The molecule has 18 heavy (non-hydrogen) atoms. The van der Waals surface area contributed by atoms with Gasteiger partial charge < -0.3 is 5.11 Å². The van der Waals surface area contributed by atoms with Crippen LogP contribution in [0.1, 0.15) is 29.8 Å². The maximum atomic E-state index is 10.9. The van der Waals surface area contributed by atoms with Crippen LogP contribution in [0.2, 0.25) is 0 Å². The van der Waals surface area contributed by atoms with Crippen molar-refractivity contribution in [3.8, 4) is 0 Å². The molecule has 0 amide bonds. The first-order chi connectivity index (χ1) is 8.44. The number of hydrogen-bond donors (Lipinski definition) is 2. The Labute approximate surface area is 104 Å². The molecule has 0 atom stereocenters. The highest BCUT2D eigenvalue weighted by Gasteiger charge is 2.21. The second-order valence-electron chi connectivity index (χ2n) is 4.68. The van der Waals surface area contributed by atoms with Gasteiger partial charge in [0.05, 0.1) is 5.56 Å². The molecule has 0 spiro atoms. The maximum Gasteiger partial charge on any atom is 0.335 e. The van der Waals surface area contributed by atoms with Gasteiger partial charge in [-0.05, 0) is 48.4 Å². The third-order valence-corrected chi connectivity index (χ3v) is 3.01. The number of hydrogen-bond acceptors (Lipinski definition) is 3. The Morgan fingerprint density at radius 1 is 1.11 bits per heavy atom. The average Bonchev–Trinajstić information content (AvgIpc) is 2.37. The molecule has 0 aliphatic carbocycles. The lowest BCUT2D eigenvalue weighted by molar-refractivity contribution is -0.318. The molecule has 0 bridgehead atoms. The summed E-state index contributed by atoms with van der Waals surface area (Å²) in [6, 6.07) is 10.4. The normalized spacial score (nSPS) is 11.7. The van der Waals surface area contributed by atoms with Crippen LogP contribution in [0.25, 0.3) is 10.8 Å². The van der Waals surface area contributed by atoms with Crippen LogP contribution in [0.4, 0.5) is 0 Å². The van der Waals surface area contributed by atoms with Crippen LogP contribution in [-0.2, 0) is 10.5 Å². The van der Waals surface area contributed by atoms with Gasteiger partial charge in [-0.2, -0.15) is 0 Å². The van der Waals surface area contributed by atoms with Crippen LogP contribution < -0.4 is 0 Å². The molecule has 2 rings (SSSR count). The van der Waals surface area contributed by atoms with Crippen LogP contribution in [0.3, 0.4) is 0 Å². The van der Waals surface area contributed by atoms with Gasteiger partial charge in [-0.25, -0.2) is 9.68 Å². The van der Waals surface area contributed by atoms with Gasteiger partial charge in [-0.15, -0.1) is 0 Å². The van der Waals surface area contributed by atoms with E-state index in [1.165, 1.54) is 0 Å². The molecule has 0 aliphatic heterocycles. The van der Waals surface area contributed by atoms with E-state index in [0.29, 0.717) is 0 Å². The second kappa shape index (κ2) is 4.40. The van der Waals surface area contributed by atoms with Crippen molar-refractivity contribution in [3.05, 3.63) is 47.5 Å². The maximum absolute atomic E-state index is 10.9. The smallest absolute Gasteiger partial charge is 0.335 e. The third kappa shape index (κ3) is 2.20. The molecule has 4 nitrogen and oxygen atoms in total. The summed E-state index contributed by atoms with van der Waals surface area (Å²) in [5, 5.41) is 19.5. The molecule has 2 aromatic rings. The molecule has 0 saturated heterocycles. The average molecular weight is 246 g/mol. The number of aromatic carboxylic acids is 1. The SMILES string of the molecule is CC(C)(OO)c1ccc2cc(C(=O)O)ccc2c1. The Morgan fingerprint density at radius 2 is 1.72 bits per heavy atom. The Morgan fingerprint density at radius 3 is 2.33 bits per heavy atom. The molecule has 4 heteroatoms. The molecule has 0 aromatic heterocycles. The van der Waals surface area contributed by atoms with Crippen LogP contribution in [0, 0.1) is 0 Å². The molecule has 0 unspecified atom stereocenters. The lowest BCUT2D eigenvalue weighted by Gasteiger charge is -2.21. The number of benzene rings is 2. The molecule has 0 saturated carbocycles. The summed E-state index contributed by atoms with van der Waals surface area (Å²) < 4.78 is 0. The number of fused-ring (bicyclic) bond motifs is 1.